The zero-order valence-corrected chi connectivity index (χ0v) is 12.8. The minimum Gasteiger partial charge on any atom is -0.421 e. The maximum absolute atomic E-state index is 14.0. The van der Waals surface area contributed by atoms with E-state index in [1.807, 2.05) is 0 Å². The summed E-state index contributed by atoms with van der Waals surface area (Å²) in [6, 6.07) is 5.55. The zero-order valence-electron chi connectivity index (χ0n) is 12.8. The highest BCUT2D eigenvalue weighted by molar-refractivity contribution is 5.90. The summed E-state index contributed by atoms with van der Waals surface area (Å²) in [5.41, 5.74) is 0.266. The van der Waals surface area contributed by atoms with E-state index in [0.717, 1.165) is 30.3 Å². The molecule has 4 aromatic rings. The highest BCUT2D eigenvalue weighted by atomic mass is 19.1. The lowest BCUT2D eigenvalue weighted by Gasteiger charge is -2.05. The molecule has 130 valence electrons. The Morgan fingerprint density at radius 2 is 1.65 bits per heavy atom. The van der Waals surface area contributed by atoms with Gasteiger partial charge in [-0.2, -0.15) is 10.1 Å². The molecule has 0 bridgehead atoms. The van der Waals surface area contributed by atoms with E-state index in [1.54, 1.807) is 0 Å². The van der Waals surface area contributed by atoms with E-state index in [4.69, 9.17) is 4.74 Å². The molecule has 2 heterocycles. The van der Waals surface area contributed by atoms with Crippen LogP contribution in [-0.2, 0) is 0 Å². The number of hydrogen-bond donors (Lipinski definition) is 1. The number of nitrogens with one attached hydrogen (secondary N) is 1. The standard InChI is InChI=1S/C17H8F4N4O/c18-8-1-3-12(20)10(5-8)15-11-7-22-17(23-16(11)25-24-15)26-14-4-2-9(19)6-13(14)21/h1-7H,(H,22,23,24,25). The van der Waals surface area contributed by atoms with Crippen LogP contribution in [0.25, 0.3) is 22.3 Å². The Balaban J connectivity index is 1.72. The molecule has 2 aromatic heterocycles. The molecule has 0 aliphatic rings. The Labute approximate surface area is 143 Å². The first-order valence-corrected chi connectivity index (χ1v) is 7.31. The fourth-order valence-corrected chi connectivity index (χ4v) is 2.39. The fourth-order valence-electron chi connectivity index (χ4n) is 2.39. The number of halogens is 4. The van der Waals surface area contributed by atoms with Crippen LogP contribution in [0.1, 0.15) is 0 Å². The predicted octanol–water partition coefficient (Wildman–Crippen LogP) is 4.37. The Hall–Kier alpha value is -3.49. The van der Waals surface area contributed by atoms with Crippen LogP contribution in [0.2, 0.25) is 0 Å². The third-order valence-corrected chi connectivity index (χ3v) is 3.58. The highest BCUT2D eigenvalue weighted by Gasteiger charge is 2.16. The SMILES string of the molecule is Fc1ccc(Oc2ncc3c(-c4cc(F)ccc4F)[nH]nc3n2)c(F)c1. The number of rotatable bonds is 3. The lowest BCUT2D eigenvalue weighted by Crippen LogP contribution is -1.95. The van der Waals surface area contributed by atoms with Crippen LogP contribution in [-0.4, -0.2) is 20.2 Å². The molecule has 0 atom stereocenters. The van der Waals surface area contributed by atoms with Crippen molar-refractivity contribution in [2.24, 2.45) is 0 Å². The van der Waals surface area contributed by atoms with Crippen molar-refractivity contribution in [1.29, 1.82) is 0 Å². The van der Waals surface area contributed by atoms with Gasteiger partial charge in [0.1, 0.15) is 17.5 Å². The van der Waals surface area contributed by atoms with Gasteiger partial charge in [-0.3, -0.25) is 5.10 Å². The second kappa shape index (κ2) is 6.10. The van der Waals surface area contributed by atoms with Gasteiger partial charge >= 0.3 is 6.01 Å². The van der Waals surface area contributed by atoms with E-state index in [-0.39, 0.29) is 28.7 Å². The molecule has 0 unspecified atom stereocenters. The van der Waals surface area contributed by atoms with Crippen LogP contribution in [0.15, 0.2) is 42.6 Å². The molecule has 2 aromatic carbocycles. The number of ether oxygens (including phenoxy) is 1. The van der Waals surface area contributed by atoms with Crippen molar-refractivity contribution in [3.05, 3.63) is 65.9 Å². The predicted molar refractivity (Wildman–Crippen MR) is 83.5 cm³/mol. The first kappa shape index (κ1) is 16.0. The second-order valence-corrected chi connectivity index (χ2v) is 5.29. The minimum atomic E-state index is -0.918. The number of H-pyrrole nitrogens is 1. The van der Waals surface area contributed by atoms with E-state index >= 15 is 0 Å². The molecule has 0 spiro atoms. The van der Waals surface area contributed by atoms with Crippen molar-refractivity contribution in [2.45, 2.75) is 0 Å². The third kappa shape index (κ3) is 2.83. The molecule has 26 heavy (non-hydrogen) atoms. The molecule has 0 fully saturated rings. The fraction of sp³-hybridized carbons (Fsp3) is 0. The topological polar surface area (TPSA) is 63.7 Å². The summed E-state index contributed by atoms with van der Waals surface area (Å²) in [7, 11) is 0. The van der Waals surface area contributed by atoms with Crippen LogP contribution < -0.4 is 4.74 Å². The van der Waals surface area contributed by atoms with E-state index in [0.29, 0.717) is 11.5 Å². The molecule has 9 heteroatoms. The van der Waals surface area contributed by atoms with Crippen molar-refractivity contribution in [3.63, 3.8) is 0 Å². The summed E-state index contributed by atoms with van der Waals surface area (Å²) in [5.74, 6) is -3.20. The van der Waals surface area contributed by atoms with Crippen molar-refractivity contribution in [2.75, 3.05) is 0 Å². The molecule has 5 nitrogen and oxygen atoms in total. The Morgan fingerprint density at radius 1 is 0.885 bits per heavy atom. The zero-order chi connectivity index (χ0) is 18.3. The van der Waals surface area contributed by atoms with Gasteiger partial charge in [-0.1, -0.05) is 0 Å². The van der Waals surface area contributed by atoms with Gasteiger partial charge in [0.15, 0.2) is 17.2 Å². The van der Waals surface area contributed by atoms with Crippen molar-refractivity contribution >= 4 is 11.0 Å². The lowest BCUT2D eigenvalue weighted by atomic mass is 10.1. The Morgan fingerprint density at radius 3 is 2.46 bits per heavy atom. The number of nitrogens with zero attached hydrogens (tertiary/aromatic N) is 3. The maximum atomic E-state index is 14.0. The number of hydrogen-bond acceptors (Lipinski definition) is 4. The first-order chi connectivity index (χ1) is 12.5. The van der Waals surface area contributed by atoms with Gasteiger partial charge < -0.3 is 4.74 Å². The van der Waals surface area contributed by atoms with Gasteiger partial charge in [-0.25, -0.2) is 22.5 Å². The molecule has 0 aliphatic heterocycles. The molecule has 0 aliphatic carbocycles. The van der Waals surface area contributed by atoms with Crippen LogP contribution >= 0.6 is 0 Å². The lowest BCUT2D eigenvalue weighted by molar-refractivity contribution is 0.409. The summed E-state index contributed by atoms with van der Waals surface area (Å²) in [5, 5.41) is 6.80. The smallest absolute Gasteiger partial charge is 0.324 e. The second-order valence-electron chi connectivity index (χ2n) is 5.29. The minimum absolute atomic E-state index is 0.0330. The summed E-state index contributed by atoms with van der Waals surface area (Å²) in [4.78, 5) is 7.89. The molecule has 1 N–H and O–H groups in total. The van der Waals surface area contributed by atoms with E-state index in [1.165, 1.54) is 6.20 Å². The largest absolute Gasteiger partial charge is 0.421 e. The number of fused-ring (bicyclic) bond motifs is 1. The summed E-state index contributed by atoms with van der Waals surface area (Å²) in [6.45, 7) is 0. The van der Waals surface area contributed by atoms with Gasteiger partial charge in [-0.15, -0.1) is 0 Å². The quantitative estimate of drug-likeness (QED) is 0.551. The Kier molecular flexibility index (Phi) is 3.76. The average Bonchev–Trinajstić information content (AvgIpc) is 3.02. The molecule has 0 saturated carbocycles. The molecule has 4 rings (SSSR count). The van der Waals surface area contributed by atoms with Crippen LogP contribution in [0, 0.1) is 23.3 Å². The van der Waals surface area contributed by atoms with Gasteiger partial charge in [-0.05, 0) is 30.3 Å². The summed E-state index contributed by atoms with van der Waals surface area (Å²) < 4.78 is 59.1. The molecule has 0 radical (unpaired) electrons. The van der Waals surface area contributed by atoms with Crippen LogP contribution in [0.5, 0.6) is 11.8 Å². The van der Waals surface area contributed by atoms with Crippen LogP contribution in [0.3, 0.4) is 0 Å². The van der Waals surface area contributed by atoms with Crippen molar-refractivity contribution in [3.8, 4) is 23.0 Å². The molecular weight excluding hydrogens is 352 g/mol. The van der Waals surface area contributed by atoms with Crippen molar-refractivity contribution in [1.82, 2.24) is 20.2 Å². The number of aromatic nitrogens is 4. The third-order valence-electron chi connectivity index (χ3n) is 3.58. The first-order valence-electron chi connectivity index (χ1n) is 7.31. The van der Waals surface area contributed by atoms with E-state index in [9.17, 15) is 17.6 Å². The van der Waals surface area contributed by atoms with Gasteiger partial charge in [0.05, 0.1) is 11.1 Å². The van der Waals surface area contributed by atoms with Gasteiger partial charge in [0.2, 0.25) is 0 Å². The molecule has 0 amide bonds. The monoisotopic (exact) mass is 360 g/mol. The summed E-state index contributed by atoms with van der Waals surface area (Å²) >= 11 is 0. The molecular formula is C17H8F4N4O. The van der Waals surface area contributed by atoms with E-state index < -0.39 is 23.3 Å². The van der Waals surface area contributed by atoms with E-state index in [2.05, 4.69) is 20.2 Å². The van der Waals surface area contributed by atoms with Gasteiger partial charge in [0.25, 0.3) is 0 Å². The van der Waals surface area contributed by atoms with Crippen LogP contribution in [0.4, 0.5) is 17.6 Å². The van der Waals surface area contributed by atoms with Crippen molar-refractivity contribution < 1.29 is 22.3 Å². The Bertz CT molecular complexity index is 1130. The number of aromatic amines is 1. The van der Waals surface area contributed by atoms with Gasteiger partial charge in [0, 0.05) is 17.8 Å². The summed E-state index contributed by atoms with van der Waals surface area (Å²) in [6.07, 6.45) is 1.28. The molecule has 0 saturated heterocycles. The number of benzene rings is 2. The maximum Gasteiger partial charge on any atom is 0.324 e. The normalized spacial score (nSPS) is 11.1. The average molecular weight is 360 g/mol. The highest BCUT2D eigenvalue weighted by Crippen LogP contribution is 2.29.